The zero-order valence-corrected chi connectivity index (χ0v) is 13.6. The van der Waals surface area contributed by atoms with Crippen molar-refractivity contribution in [2.75, 3.05) is 16.8 Å². The molecule has 0 bridgehead atoms. The van der Waals surface area contributed by atoms with Crippen LogP contribution >= 0.6 is 27.5 Å². The van der Waals surface area contributed by atoms with Gasteiger partial charge >= 0.3 is 0 Å². The molecule has 0 saturated carbocycles. The van der Waals surface area contributed by atoms with Crippen molar-refractivity contribution < 1.29 is 0 Å². The van der Waals surface area contributed by atoms with Crippen molar-refractivity contribution in [3.05, 3.63) is 57.5 Å². The van der Waals surface area contributed by atoms with Crippen LogP contribution in [0.3, 0.4) is 0 Å². The Balaban J connectivity index is 1.93. The van der Waals surface area contributed by atoms with Gasteiger partial charge in [0.25, 0.3) is 0 Å². The first-order valence-electron chi connectivity index (χ1n) is 6.68. The number of nitrogens with one attached hydrogen (secondary N) is 1. The molecular weight excluding hydrogens is 336 g/mol. The molecule has 1 N–H and O–H groups in total. The van der Waals surface area contributed by atoms with Gasteiger partial charge in [0, 0.05) is 28.6 Å². The number of fused-ring (bicyclic) bond motifs is 1. The van der Waals surface area contributed by atoms with Crippen LogP contribution in [0.1, 0.15) is 12.5 Å². The average molecular weight is 352 g/mol. The molecule has 0 saturated heterocycles. The van der Waals surface area contributed by atoms with E-state index in [1.165, 1.54) is 11.4 Å². The molecule has 1 heterocycles. The van der Waals surface area contributed by atoms with Gasteiger partial charge in [0.2, 0.25) is 0 Å². The van der Waals surface area contributed by atoms with Gasteiger partial charge < -0.3 is 10.2 Å². The van der Waals surface area contributed by atoms with E-state index >= 15 is 0 Å². The van der Waals surface area contributed by atoms with Crippen molar-refractivity contribution in [1.82, 2.24) is 0 Å². The quantitative estimate of drug-likeness (QED) is 0.826. The van der Waals surface area contributed by atoms with Crippen LogP contribution in [-0.4, -0.2) is 12.6 Å². The Morgan fingerprint density at radius 1 is 1.30 bits per heavy atom. The molecule has 104 valence electrons. The van der Waals surface area contributed by atoms with Gasteiger partial charge in [0.05, 0.1) is 11.4 Å². The Hall–Kier alpha value is -1.19. The van der Waals surface area contributed by atoms with Crippen LogP contribution in [-0.2, 0) is 6.54 Å². The SMILES string of the molecule is CC1CNc2ccccc2N1Cc1ccc(Br)cc1Cl. The van der Waals surface area contributed by atoms with Gasteiger partial charge in [-0.2, -0.15) is 0 Å². The molecule has 1 aliphatic rings. The molecule has 0 fully saturated rings. The summed E-state index contributed by atoms with van der Waals surface area (Å²) in [6, 6.07) is 14.9. The number of halogens is 2. The van der Waals surface area contributed by atoms with Gasteiger partial charge in [-0.3, -0.25) is 0 Å². The van der Waals surface area contributed by atoms with E-state index in [-0.39, 0.29) is 0 Å². The van der Waals surface area contributed by atoms with Crippen LogP contribution in [0.4, 0.5) is 11.4 Å². The molecule has 0 aliphatic carbocycles. The van der Waals surface area contributed by atoms with Crippen LogP contribution in [0.5, 0.6) is 0 Å². The molecule has 4 heteroatoms. The molecule has 1 unspecified atom stereocenters. The minimum Gasteiger partial charge on any atom is -0.381 e. The van der Waals surface area contributed by atoms with E-state index in [1.807, 2.05) is 12.1 Å². The molecule has 0 radical (unpaired) electrons. The maximum Gasteiger partial charge on any atom is 0.0608 e. The minimum atomic E-state index is 0.435. The number of benzene rings is 2. The van der Waals surface area contributed by atoms with Crippen molar-refractivity contribution in [1.29, 1.82) is 0 Å². The first-order valence-corrected chi connectivity index (χ1v) is 7.86. The van der Waals surface area contributed by atoms with E-state index in [0.29, 0.717) is 6.04 Å². The zero-order chi connectivity index (χ0) is 14.1. The van der Waals surface area contributed by atoms with E-state index in [9.17, 15) is 0 Å². The van der Waals surface area contributed by atoms with Crippen molar-refractivity contribution in [3.63, 3.8) is 0 Å². The van der Waals surface area contributed by atoms with Gasteiger partial charge in [0.15, 0.2) is 0 Å². The fourth-order valence-corrected chi connectivity index (χ4v) is 3.29. The van der Waals surface area contributed by atoms with E-state index in [0.717, 1.165) is 28.1 Å². The predicted molar refractivity (Wildman–Crippen MR) is 89.7 cm³/mol. The maximum atomic E-state index is 6.35. The normalized spacial score (nSPS) is 17.6. The topological polar surface area (TPSA) is 15.3 Å². The Bertz CT molecular complexity index is 630. The van der Waals surface area contributed by atoms with Crippen LogP contribution in [0.2, 0.25) is 5.02 Å². The predicted octanol–water partition coefficient (Wildman–Crippen LogP) is 4.92. The summed E-state index contributed by atoms with van der Waals surface area (Å²) < 4.78 is 1.01. The van der Waals surface area contributed by atoms with Crippen LogP contribution < -0.4 is 10.2 Å². The van der Waals surface area contributed by atoms with E-state index in [4.69, 9.17) is 11.6 Å². The van der Waals surface area contributed by atoms with E-state index in [1.54, 1.807) is 0 Å². The second kappa shape index (κ2) is 5.66. The van der Waals surface area contributed by atoms with Gasteiger partial charge in [-0.05, 0) is 36.8 Å². The Morgan fingerprint density at radius 3 is 2.90 bits per heavy atom. The molecule has 1 atom stereocenters. The van der Waals surface area contributed by atoms with Gasteiger partial charge in [-0.1, -0.05) is 45.7 Å². The Kier molecular flexibility index (Phi) is 3.90. The molecular formula is C16H16BrClN2. The molecule has 0 aromatic heterocycles. The summed E-state index contributed by atoms with van der Waals surface area (Å²) in [5.41, 5.74) is 3.59. The van der Waals surface area contributed by atoms with Crippen molar-refractivity contribution in [3.8, 4) is 0 Å². The number of hydrogen-bond acceptors (Lipinski definition) is 2. The molecule has 0 amide bonds. The highest BCUT2D eigenvalue weighted by Gasteiger charge is 2.22. The summed E-state index contributed by atoms with van der Waals surface area (Å²) in [6.07, 6.45) is 0. The lowest BCUT2D eigenvalue weighted by Crippen LogP contribution is -2.41. The summed E-state index contributed by atoms with van der Waals surface area (Å²) in [6.45, 7) is 4.01. The summed E-state index contributed by atoms with van der Waals surface area (Å²) in [7, 11) is 0. The Morgan fingerprint density at radius 2 is 2.10 bits per heavy atom. The summed E-state index contributed by atoms with van der Waals surface area (Å²) in [5, 5.41) is 4.28. The molecule has 2 aromatic carbocycles. The number of nitrogens with zero attached hydrogens (tertiary/aromatic N) is 1. The van der Waals surface area contributed by atoms with E-state index < -0.39 is 0 Å². The molecule has 0 spiro atoms. The van der Waals surface area contributed by atoms with Gasteiger partial charge in [-0.25, -0.2) is 0 Å². The molecule has 2 nitrogen and oxygen atoms in total. The van der Waals surface area contributed by atoms with Crippen LogP contribution in [0.15, 0.2) is 46.9 Å². The second-order valence-corrected chi connectivity index (χ2v) is 6.43. The fourth-order valence-electron chi connectivity index (χ4n) is 2.55. The van der Waals surface area contributed by atoms with Gasteiger partial charge in [-0.15, -0.1) is 0 Å². The van der Waals surface area contributed by atoms with E-state index in [2.05, 4.69) is 63.4 Å². The lowest BCUT2D eigenvalue weighted by Gasteiger charge is -2.38. The highest BCUT2D eigenvalue weighted by molar-refractivity contribution is 9.10. The standard InChI is InChI=1S/C16H16BrClN2/c1-11-9-19-15-4-2-3-5-16(15)20(11)10-12-6-7-13(17)8-14(12)18/h2-8,11,19H,9-10H2,1H3. The molecule has 1 aliphatic heterocycles. The van der Waals surface area contributed by atoms with Crippen LogP contribution in [0, 0.1) is 0 Å². The maximum absolute atomic E-state index is 6.35. The second-order valence-electron chi connectivity index (χ2n) is 5.11. The monoisotopic (exact) mass is 350 g/mol. The summed E-state index contributed by atoms with van der Waals surface area (Å²) >= 11 is 9.80. The van der Waals surface area contributed by atoms with Crippen LogP contribution in [0.25, 0.3) is 0 Å². The highest BCUT2D eigenvalue weighted by Crippen LogP contribution is 2.33. The number of anilines is 2. The molecule has 3 rings (SSSR count). The summed E-state index contributed by atoms with van der Waals surface area (Å²) in [4.78, 5) is 2.40. The number of rotatable bonds is 2. The third kappa shape index (κ3) is 2.65. The lowest BCUT2D eigenvalue weighted by atomic mass is 10.1. The molecule has 20 heavy (non-hydrogen) atoms. The fraction of sp³-hybridized carbons (Fsp3) is 0.250. The Labute approximate surface area is 132 Å². The highest BCUT2D eigenvalue weighted by atomic mass is 79.9. The molecule has 2 aromatic rings. The van der Waals surface area contributed by atoms with Crippen molar-refractivity contribution in [2.45, 2.75) is 19.5 Å². The largest absolute Gasteiger partial charge is 0.381 e. The number of hydrogen-bond donors (Lipinski definition) is 1. The first kappa shape index (κ1) is 13.8. The zero-order valence-electron chi connectivity index (χ0n) is 11.2. The van der Waals surface area contributed by atoms with Crippen molar-refractivity contribution in [2.24, 2.45) is 0 Å². The lowest BCUT2D eigenvalue weighted by molar-refractivity contribution is 0.641. The van der Waals surface area contributed by atoms with Gasteiger partial charge in [0.1, 0.15) is 0 Å². The first-order chi connectivity index (χ1) is 9.65. The van der Waals surface area contributed by atoms with Crippen molar-refractivity contribution >= 4 is 38.9 Å². The minimum absolute atomic E-state index is 0.435. The smallest absolute Gasteiger partial charge is 0.0608 e. The third-order valence-electron chi connectivity index (χ3n) is 3.69. The summed E-state index contributed by atoms with van der Waals surface area (Å²) in [5.74, 6) is 0. The average Bonchev–Trinajstić information content (AvgIpc) is 2.44. The third-order valence-corrected chi connectivity index (χ3v) is 4.53. The number of para-hydroxylation sites is 2.